The van der Waals surface area contributed by atoms with Crippen molar-refractivity contribution in [2.24, 2.45) is 0 Å². The largest absolute Gasteiger partial charge is 0.350 e. The molecule has 3 N–H and O–H groups in total. The lowest BCUT2D eigenvalue weighted by atomic mass is 10.0. The summed E-state index contributed by atoms with van der Waals surface area (Å²) in [6.45, 7) is 2.60. The number of aromatic amines is 2. The fourth-order valence-corrected chi connectivity index (χ4v) is 3.24. The lowest BCUT2D eigenvalue weighted by Gasteiger charge is -2.26. The van der Waals surface area contributed by atoms with Gasteiger partial charge in [-0.05, 0) is 25.5 Å². The standard InChI is InChI=1S/C19H18N6O2/c1-3-11(2)21-18(26)17-13-5-7-25(10-16(13)23-24-17)19(27)15-8-12-9-20-6-4-14(12)22-15/h1,4,6,8-9,11,22H,5,7,10H2,2H3,(H,21,26)(H,23,24). The maximum Gasteiger partial charge on any atom is 0.273 e. The Morgan fingerprint density at radius 3 is 3.07 bits per heavy atom. The SMILES string of the molecule is C#CC(C)NC(=O)c1n[nH]c2c1CCN(C(=O)c1cc3cnccc3[nH]1)C2. The Morgan fingerprint density at radius 2 is 2.30 bits per heavy atom. The first-order valence-electron chi connectivity index (χ1n) is 8.62. The van der Waals surface area contributed by atoms with E-state index < -0.39 is 0 Å². The van der Waals surface area contributed by atoms with Crippen LogP contribution >= 0.6 is 0 Å². The van der Waals surface area contributed by atoms with Crippen molar-refractivity contribution in [1.29, 1.82) is 0 Å². The number of hydrogen-bond acceptors (Lipinski definition) is 4. The van der Waals surface area contributed by atoms with Gasteiger partial charge in [0.1, 0.15) is 5.69 Å². The third kappa shape index (κ3) is 3.04. The molecule has 1 atom stereocenters. The van der Waals surface area contributed by atoms with Crippen LogP contribution in [0.3, 0.4) is 0 Å². The van der Waals surface area contributed by atoms with Crippen LogP contribution in [0.4, 0.5) is 0 Å². The summed E-state index contributed by atoms with van der Waals surface area (Å²) in [5.41, 5.74) is 3.33. The van der Waals surface area contributed by atoms with Gasteiger partial charge < -0.3 is 15.2 Å². The quantitative estimate of drug-likeness (QED) is 0.609. The highest BCUT2D eigenvalue weighted by Crippen LogP contribution is 2.23. The first-order valence-corrected chi connectivity index (χ1v) is 8.62. The highest BCUT2D eigenvalue weighted by atomic mass is 16.2. The van der Waals surface area contributed by atoms with Gasteiger partial charge in [-0.2, -0.15) is 5.10 Å². The van der Waals surface area contributed by atoms with Crippen molar-refractivity contribution in [2.45, 2.75) is 25.9 Å². The van der Waals surface area contributed by atoms with Gasteiger partial charge in [-0.1, -0.05) is 5.92 Å². The van der Waals surface area contributed by atoms with Crippen LogP contribution in [0.1, 0.15) is 39.2 Å². The summed E-state index contributed by atoms with van der Waals surface area (Å²) in [6.07, 6.45) is 9.25. The van der Waals surface area contributed by atoms with Crippen molar-refractivity contribution >= 4 is 22.7 Å². The molecule has 8 nitrogen and oxygen atoms in total. The molecule has 0 aromatic carbocycles. The van der Waals surface area contributed by atoms with Crippen LogP contribution in [0.5, 0.6) is 0 Å². The van der Waals surface area contributed by atoms with Crippen LogP contribution in [0.25, 0.3) is 10.9 Å². The van der Waals surface area contributed by atoms with Crippen LogP contribution < -0.4 is 5.32 Å². The Balaban J connectivity index is 1.53. The fourth-order valence-electron chi connectivity index (χ4n) is 3.24. The lowest BCUT2D eigenvalue weighted by molar-refractivity contribution is 0.0727. The van der Waals surface area contributed by atoms with E-state index in [0.29, 0.717) is 30.9 Å². The van der Waals surface area contributed by atoms with Crippen molar-refractivity contribution in [3.05, 3.63) is 47.2 Å². The molecule has 136 valence electrons. The van der Waals surface area contributed by atoms with Crippen LogP contribution in [-0.4, -0.2) is 49.5 Å². The molecule has 3 aromatic rings. The fraction of sp³-hybridized carbons (Fsp3) is 0.263. The molecule has 3 aromatic heterocycles. The molecule has 0 fully saturated rings. The number of terminal acetylenes is 1. The number of fused-ring (bicyclic) bond motifs is 2. The topological polar surface area (TPSA) is 107 Å². The molecule has 1 aliphatic rings. The van der Waals surface area contributed by atoms with Gasteiger partial charge in [0, 0.05) is 35.4 Å². The molecule has 1 unspecified atom stereocenters. The molecule has 4 rings (SSSR count). The van der Waals surface area contributed by atoms with E-state index >= 15 is 0 Å². The van der Waals surface area contributed by atoms with E-state index in [1.807, 2.05) is 6.07 Å². The Bertz CT molecular complexity index is 1040. The van der Waals surface area contributed by atoms with Gasteiger partial charge in [-0.15, -0.1) is 6.42 Å². The second-order valence-corrected chi connectivity index (χ2v) is 6.51. The summed E-state index contributed by atoms with van der Waals surface area (Å²) in [6, 6.07) is 3.26. The van der Waals surface area contributed by atoms with Crippen LogP contribution in [0, 0.1) is 12.3 Å². The molecule has 0 bridgehead atoms. The third-order valence-electron chi connectivity index (χ3n) is 4.68. The zero-order valence-corrected chi connectivity index (χ0v) is 14.7. The van der Waals surface area contributed by atoms with E-state index in [0.717, 1.165) is 22.2 Å². The van der Waals surface area contributed by atoms with Gasteiger partial charge >= 0.3 is 0 Å². The van der Waals surface area contributed by atoms with E-state index in [1.165, 1.54) is 0 Å². The maximum atomic E-state index is 12.8. The van der Waals surface area contributed by atoms with E-state index in [1.54, 1.807) is 30.3 Å². The van der Waals surface area contributed by atoms with Gasteiger partial charge in [0.2, 0.25) is 0 Å². The normalized spacial score (nSPS) is 14.4. The van der Waals surface area contributed by atoms with Crippen LogP contribution in [-0.2, 0) is 13.0 Å². The second kappa shape index (κ2) is 6.61. The van der Waals surface area contributed by atoms with Crippen molar-refractivity contribution < 1.29 is 9.59 Å². The first-order chi connectivity index (χ1) is 13.1. The molecule has 0 spiro atoms. The molecule has 0 saturated heterocycles. The van der Waals surface area contributed by atoms with Crippen molar-refractivity contribution in [2.75, 3.05) is 6.54 Å². The molecule has 0 radical (unpaired) electrons. The second-order valence-electron chi connectivity index (χ2n) is 6.51. The molecule has 4 heterocycles. The Kier molecular flexibility index (Phi) is 4.12. The maximum absolute atomic E-state index is 12.8. The van der Waals surface area contributed by atoms with Crippen molar-refractivity contribution in [3.8, 4) is 12.3 Å². The Labute approximate surface area is 155 Å². The van der Waals surface area contributed by atoms with Gasteiger partial charge in [0.15, 0.2) is 5.69 Å². The van der Waals surface area contributed by atoms with Crippen LogP contribution in [0.2, 0.25) is 0 Å². The molecule has 8 heteroatoms. The monoisotopic (exact) mass is 362 g/mol. The third-order valence-corrected chi connectivity index (χ3v) is 4.68. The highest BCUT2D eigenvalue weighted by molar-refractivity contribution is 5.98. The summed E-state index contributed by atoms with van der Waals surface area (Å²) < 4.78 is 0. The minimum absolute atomic E-state index is 0.0987. The number of carbonyl (C=O) groups is 2. The van der Waals surface area contributed by atoms with Gasteiger partial charge in [0.25, 0.3) is 11.8 Å². The summed E-state index contributed by atoms with van der Waals surface area (Å²) >= 11 is 0. The average Bonchev–Trinajstić information content (AvgIpc) is 3.30. The number of amides is 2. The average molecular weight is 362 g/mol. The van der Waals surface area contributed by atoms with E-state index in [-0.39, 0.29) is 17.9 Å². The predicted octanol–water partition coefficient (Wildman–Crippen LogP) is 1.24. The zero-order chi connectivity index (χ0) is 19.0. The Hall–Kier alpha value is -3.60. The predicted molar refractivity (Wildman–Crippen MR) is 98.9 cm³/mol. The summed E-state index contributed by atoms with van der Waals surface area (Å²) in [5, 5.41) is 10.6. The first kappa shape index (κ1) is 16.8. The van der Waals surface area contributed by atoms with Gasteiger partial charge in [-0.25, -0.2) is 0 Å². The highest BCUT2D eigenvalue weighted by Gasteiger charge is 2.28. The molecule has 0 saturated carbocycles. The molecular formula is C19H18N6O2. The Morgan fingerprint density at radius 1 is 1.44 bits per heavy atom. The number of hydrogen-bond donors (Lipinski definition) is 3. The summed E-state index contributed by atoms with van der Waals surface area (Å²) in [4.78, 5) is 34.1. The minimum Gasteiger partial charge on any atom is -0.350 e. The number of carbonyl (C=O) groups excluding carboxylic acids is 2. The zero-order valence-electron chi connectivity index (χ0n) is 14.7. The summed E-state index contributed by atoms with van der Waals surface area (Å²) in [5.74, 6) is 2.05. The smallest absolute Gasteiger partial charge is 0.273 e. The molecule has 27 heavy (non-hydrogen) atoms. The van der Waals surface area contributed by atoms with Crippen LogP contribution in [0.15, 0.2) is 24.5 Å². The molecule has 2 amide bonds. The van der Waals surface area contributed by atoms with Gasteiger partial charge in [-0.3, -0.25) is 19.7 Å². The number of H-pyrrole nitrogens is 2. The summed E-state index contributed by atoms with van der Waals surface area (Å²) in [7, 11) is 0. The number of nitrogens with zero attached hydrogens (tertiary/aromatic N) is 3. The number of aromatic nitrogens is 4. The molecule has 0 aliphatic carbocycles. The van der Waals surface area contributed by atoms with E-state index in [4.69, 9.17) is 6.42 Å². The number of pyridine rings is 1. The van der Waals surface area contributed by atoms with Gasteiger partial charge in [0.05, 0.1) is 18.3 Å². The van der Waals surface area contributed by atoms with E-state index in [2.05, 4.69) is 31.4 Å². The minimum atomic E-state index is -0.372. The molecular weight excluding hydrogens is 344 g/mol. The van der Waals surface area contributed by atoms with Crippen molar-refractivity contribution in [3.63, 3.8) is 0 Å². The molecule has 1 aliphatic heterocycles. The number of nitrogens with one attached hydrogen (secondary N) is 3. The lowest BCUT2D eigenvalue weighted by Crippen LogP contribution is -2.37. The van der Waals surface area contributed by atoms with E-state index in [9.17, 15) is 9.59 Å². The number of rotatable bonds is 3. The van der Waals surface area contributed by atoms with Crippen molar-refractivity contribution in [1.82, 2.24) is 30.4 Å².